The molecule has 88 valence electrons. The Bertz CT molecular complexity index is 432. The Morgan fingerprint density at radius 3 is 2.81 bits per heavy atom. The number of rotatable bonds is 4. The molecule has 4 heteroatoms. The molecule has 0 bridgehead atoms. The van der Waals surface area contributed by atoms with E-state index in [1.807, 2.05) is 6.07 Å². The highest BCUT2D eigenvalue weighted by atomic mass is 16.1. The topological polar surface area (TPSA) is 46.9 Å². The maximum absolute atomic E-state index is 11.8. The van der Waals surface area contributed by atoms with Gasteiger partial charge in [0.1, 0.15) is 0 Å². The number of hydrogen-bond donors (Lipinski definition) is 1. The van der Waals surface area contributed by atoms with Crippen molar-refractivity contribution in [2.75, 3.05) is 0 Å². The summed E-state index contributed by atoms with van der Waals surface area (Å²) >= 11 is 0. The fraction of sp³-hybridized carbons (Fsp3) is 0.667. The smallest absolute Gasteiger partial charge is 0.270 e. The first kappa shape index (κ1) is 11.3. The van der Waals surface area contributed by atoms with Gasteiger partial charge in [-0.05, 0) is 24.8 Å². The van der Waals surface area contributed by atoms with Gasteiger partial charge in [-0.1, -0.05) is 13.8 Å². The van der Waals surface area contributed by atoms with Crippen LogP contribution in [0, 0.1) is 0 Å². The van der Waals surface area contributed by atoms with Gasteiger partial charge in [0.2, 0.25) is 0 Å². The molecule has 0 spiro atoms. The van der Waals surface area contributed by atoms with E-state index in [1.165, 1.54) is 17.5 Å². The molecule has 4 nitrogen and oxygen atoms in total. The van der Waals surface area contributed by atoms with Crippen LogP contribution in [0.25, 0.3) is 0 Å². The van der Waals surface area contributed by atoms with Crippen LogP contribution < -0.4 is 10.9 Å². The number of nitrogens with one attached hydrogen (secondary N) is 1. The van der Waals surface area contributed by atoms with Crippen LogP contribution in [-0.2, 0) is 13.6 Å². The molecule has 0 unspecified atom stereocenters. The number of hydrogen-bond acceptors (Lipinski definition) is 3. The summed E-state index contributed by atoms with van der Waals surface area (Å²) in [5.41, 5.74) is 1.82. The summed E-state index contributed by atoms with van der Waals surface area (Å²) in [7, 11) is 1.72. The molecule has 1 aliphatic carbocycles. The average molecular weight is 221 g/mol. The molecule has 0 aromatic carbocycles. The maximum Gasteiger partial charge on any atom is 0.270 e. The Kier molecular flexibility index (Phi) is 3.10. The lowest BCUT2D eigenvalue weighted by Gasteiger charge is -2.10. The number of nitrogens with zero attached hydrogens (tertiary/aromatic N) is 2. The van der Waals surface area contributed by atoms with Crippen molar-refractivity contribution in [1.82, 2.24) is 15.1 Å². The van der Waals surface area contributed by atoms with Crippen molar-refractivity contribution >= 4 is 0 Å². The Morgan fingerprint density at radius 2 is 2.25 bits per heavy atom. The Labute approximate surface area is 95.7 Å². The van der Waals surface area contributed by atoms with Crippen LogP contribution in [0.5, 0.6) is 0 Å². The molecule has 0 saturated heterocycles. The normalized spacial score (nSPS) is 15.8. The first-order chi connectivity index (χ1) is 7.58. The van der Waals surface area contributed by atoms with Gasteiger partial charge < -0.3 is 5.32 Å². The van der Waals surface area contributed by atoms with E-state index in [9.17, 15) is 4.79 Å². The third-order valence-electron chi connectivity index (χ3n) is 2.91. The first-order valence-electron chi connectivity index (χ1n) is 5.88. The van der Waals surface area contributed by atoms with Crippen molar-refractivity contribution in [2.45, 2.75) is 45.2 Å². The second-order valence-corrected chi connectivity index (χ2v) is 4.83. The third kappa shape index (κ3) is 2.50. The summed E-state index contributed by atoms with van der Waals surface area (Å²) in [4.78, 5) is 11.8. The van der Waals surface area contributed by atoms with Gasteiger partial charge in [0.15, 0.2) is 0 Å². The van der Waals surface area contributed by atoms with E-state index in [1.54, 1.807) is 7.05 Å². The predicted octanol–water partition coefficient (Wildman–Crippen LogP) is 1.16. The average Bonchev–Trinajstić information content (AvgIpc) is 3.03. The molecule has 1 heterocycles. The van der Waals surface area contributed by atoms with Crippen molar-refractivity contribution in [2.24, 2.45) is 7.05 Å². The molecular formula is C12H19N3O. The van der Waals surface area contributed by atoms with E-state index in [0.29, 0.717) is 18.5 Å². The Balaban J connectivity index is 2.22. The number of aryl methyl sites for hydroxylation is 1. The van der Waals surface area contributed by atoms with Gasteiger partial charge in [0.25, 0.3) is 5.56 Å². The molecule has 1 aromatic heterocycles. The minimum absolute atomic E-state index is 0.0116. The van der Waals surface area contributed by atoms with Crippen LogP contribution in [0.1, 0.15) is 43.9 Å². The van der Waals surface area contributed by atoms with Crippen LogP contribution in [-0.4, -0.2) is 15.8 Å². The summed E-state index contributed by atoms with van der Waals surface area (Å²) in [5, 5.41) is 7.62. The van der Waals surface area contributed by atoms with E-state index in [0.717, 1.165) is 11.3 Å². The summed E-state index contributed by atoms with van der Waals surface area (Å²) in [6.07, 6.45) is 2.48. The maximum atomic E-state index is 11.8. The molecule has 0 radical (unpaired) electrons. The van der Waals surface area contributed by atoms with Crippen molar-refractivity contribution in [1.29, 1.82) is 0 Å². The third-order valence-corrected chi connectivity index (χ3v) is 2.91. The van der Waals surface area contributed by atoms with E-state index < -0.39 is 0 Å². The van der Waals surface area contributed by atoms with Gasteiger partial charge in [-0.3, -0.25) is 4.79 Å². The molecule has 0 atom stereocenters. The fourth-order valence-electron chi connectivity index (χ4n) is 1.65. The van der Waals surface area contributed by atoms with Gasteiger partial charge in [0.05, 0.1) is 5.69 Å². The highest BCUT2D eigenvalue weighted by molar-refractivity contribution is 5.16. The van der Waals surface area contributed by atoms with Gasteiger partial charge in [-0.25, -0.2) is 4.68 Å². The zero-order valence-electron chi connectivity index (χ0n) is 10.2. The molecule has 1 aliphatic rings. The Morgan fingerprint density at radius 1 is 1.56 bits per heavy atom. The van der Waals surface area contributed by atoms with Gasteiger partial charge in [-0.15, -0.1) is 0 Å². The molecular weight excluding hydrogens is 202 g/mol. The minimum atomic E-state index is 0.0116. The SMILES string of the molecule is CC(C)c1cc(CNC2CC2)c(=O)n(C)n1. The van der Waals surface area contributed by atoms with Crippen molar-refractivity contribution in [3.05, 3.63) is 27.7 Å². The first-order valence-corrected chi connectivity index (χ1v) is 5.88. The van der Waals surface area contributed by atoms with Gasteiger partial charge in [0, 0.05) is 25.2 Å². The molecule has 2 rings (SSSR count). The minimum Gasteiger partial charge on any atom is -0.310 e. The standard InChI is InChI=1S/C12H19N3O/c1-8(2)11-6-9(7-13-10-4-5-10)12(16)15(3)14-11/h6,8,10,13H,4-5,7H2,1-3H3. The van der Waals surface area contributed by atoms with Crippen molar-refractivity contribution in [3.8, 4) is 0 Å². The summed E-state index contributed by atoms with van der Waals surface area (Å²) in [6.45, 7) is 4.84. The lowest BCUT2D eigenvalue weighted by Crippen LogP contribution is -2.29. The molecule has 1 N–H and O–H groups in total. The zero-order chi connectivity index (χ0) is 11.7. The van der Waals surface area contributed by atoms with E-state index >= 15 is 0 Å². The van der Waals surface area contributed by atoms with Crippen molar-refractivity contribution < 1.29 is 0 Å². The summed E-state index contributed by atoms with van der Waals surface area (Å²) in [5.74, 6) is 0.353. The molecule has 1 aromatic rings. The summed E-state index contributed by atoms with van der Waals surface area (Å²) in [6, 6.07) is 2.56. The van der Waals surface area contributed by atoms with Crippen LogP contribution >= 0.6 is 0 Å². The molecule has 1 saturated carbocycles. The van der Waals surface area contributed by atoms with Crippen LogP contribution in [0.4, 0.5) is 0 Å². The second-order valence-electron chi connectivity index (χ2n) is 4.83. The van der Waals surface area contributed by atoms with Crippen molar-refractivity contribution in [3.63, 3.8) is 0 Å². The lowest BCUT2D eigenvalue weighted by molar-refractivity contribution is 0.618. The molecule has 0 aliphatic heterocycles. The largest absolute Gasteiger partial charge is 0.310 e. The van der Waals surface area contributed by atoms with Gasteiger partial charge in [-0.2, -0.15) is 5.10 Å². The van der Waals surface area contributed by atoms with E-state index in [4.69, 9.17) is 0 Å². The zero-order valence-corrected chi connectivity index (χ0v) is 10.2. The van der Waals surface area contributed by atoms with Gasteiger partial charge >= 0.3 is 0 Å². The molecule has 1 fully saturated rings. The van der Waals surface area contributed by atoms with Crippen LogP contribution in [0.3, 0.4) is 0 Å². The quantitative estimate of drug-likeness (QED) is 0.829. The van der Waals surface area contributed by atoms with Crippen LogP contribution in [0.2, 0.25) is 0 Å². The second kappa shape index (κ2) is 4.37. The predicted molar refractivity (Wildman–Crippen MR) is 63.4 cm³/mol. The molecule has 16 heavy (non-hydrogen) atoms. The monoisotopic (exact) mass is 221 g/mol. The fourth-order valence-corrected chi connectivity index (χ4v) is 1.65. The van der Waals surface area contributed by atoms with Crippen LogP contribution in [0.15, 0.2) is 10.9 Å². The highest BCUT2D eigenvalue weighted by Gasteiger charge is 2.20. The Hall–Kier alpha value is -1.16. The van der Waals surface area contributed by atoms with E-state index in [2.05, 4.69) is 24.3 Å². The molecule has 0 amide bonds. The highest BCUT2D eigenvalue weighted by Crippen LogP contribution is 2.19. The summed E-state index contributed by atoms with van der Waals surface area (Å²) < 4.78 is 1.44. The number of aromatic nitrogens is 2. The van der Waals surface area contributed by atoms with E-state index in [-0.39, 0.29) is 5.56 Å². The lowest BCUT2D eigenvalue weighted by atomic mass is 10.1.